The number of nitrogens with zero attached hydrogens (tertiary/aromatic N) is 4. The molecule has 3 aromatic rings. The average molecular weight is 290 g/mol. The predicted molar refractivity (Wildman–Crippen MR) is 89.1 cm³/mol. The molecule has 0 radical (unpaired) electrons. The minimum Gasteiger partial charge on any atom is -0.334 e. The predicted octanol–water partition coefficient (Wildman–Crippen LogP) is 3.66. The van der Waals surface area contributed by atoms with E-state index in [4.69, 9.17) is 0 Å². The summed E-state index contributed by atoms with van der Waals surface area (Å²) in [5.74, 6) is 0.890. The molecule has 0 aliphatic rings. The van der Waals surface area contributed by atoms with Crippen LogP contribution < -0.4 is 0 Å². The molecule has 0 N–H and O–H groups in total. The van der Waals surface area contributed by atoms with E-state index in [0.717, 1.165) is 34.2 Å². The molecule has 0 saturated heterocycles. The maximum absolute atomic E-state index is 4.68. The Labute approximate surface area is 130 Å². The Morgan fingerprint density at radius 1 is 1.00 bits per heavy atom. The van der Waals surface area contributed by atoms with Gasteiger partial charge in [0.15, 0.2) is 0 Å². The van der Waals surface area contributed by atoms with Crippen LogP contribution >= 0.6 is 0 Å². The van der Waals surface area contributed by atoms with Crippen LogP contribution in [-0.2, 0) is 7.05 Å². The van der Waals surface area contributed by atoms with Gasteiger partial charge in [-0.2, -0.15) is 0 Å². The summed E-state index contributed by atoms with van der Waals surface area (Å²) in [6, 6.07) is 10.2. The second kappa shape index (κ2) is 5.93. The van der Waals surface area contributed by atoms with Crippen molar-refractivity contribution in [2.75, 3.05) is 0 Å². The third kappa shape index (κ3) is 2.96. The van der Waals surface area contributed by atoms with Crippen molar-refractivity contribution in [1.29, 1.82) is 0 Å². The van der Waals surface area contributed by atoms with Gasteiger partial charge in [-0.15, -0.1) is 0 Å². The Morgan fingerprint density at radius 3 is 2.55 bits per heavy atom. The molecule has 22 heavy (non-hydrogen) atoms. The summed E-state index contributed by atoms with van der Waals surface area (Å²) in [5.41, 5.74) is 4.79. The fourth-order valence-electron chi connectivity index (χ4n) is 2.25. The smallest absolute Gasteiger partial charge is 0.133 e. The fraction of sp³-hybridized carbons (Fsp3) is 0.167. The number of aryl methyl sites for hydroxylation is 3. The molecule has 3 rings (SSSR count). The van der Waals surface area contributed by atoms with Gasteiger partial charge in [-0.25, -0.2) is 4.98 Å². The van der Waals surface area contributed by atoms with Crippen molar-refractivity contribution < 1.29 is 0 Å². The number of imidazole rings is 1. The SMILES string of the molecule is Cc1cnc(C)c(C=Cc2nc(-c3ccccc3)cn2C)n1. The number of hydrogen-bond donors (Lipinski definition) is 0. The number of benzene rings is 1. The molecule has 4 nitrogen and oxygen atoms in total. The molecule has 110 valence electrons. The first kappa shape index (κ1) is 14.2. The molecule has 0 aliphatic heterocycles. The third-order valence-corrected chi connectivity index (χ3v) is 3.48. The van der Waals surface area contributed by atoms with Crippen molar-refractivity contribution in [2.45, 2.75) is 13.8 Å². The van der Waals surface area contributed by atoms with E-state index in [1.165, 1.54) is 0 Å². The summed E-state index contributed by atoms with van der Waals surface area (Å²) in [4.78, 5) is 13.5. The van der Waals surface area contributed by atoms with Crippen LogP contribution in [0.5, 0.6) is 0 Å². The van der Waals surface area contributed by atoms with Gasteiger partial charge in [-0.05, 0) is 26.0 Å². The summed E-state index contributed by atoms with van der Waals surface area (Å²) in [6.45, 7) is 3.90. The van der Waals surface area contributed by atoms with Crippen LogP contribution in [0.25, 0.3) is 23.4 Å². The fourth-order valence-corrected chi connectivity index (χ4v) is 2.25. The molecule has 0 saturated carbocycles. The van der Waals surface area contributed by atoms with Crippen molar-refractivity contribution in [2.24, 2.45) is 7.05 Å². The first-order valence-corrected chi connectivity index (χ1v) is 7.20. The molecule has 0 aliphatic carbocycles. The molecule has 2 aromatic heterocycles. The molecular weight excluding hydrogens is 272 g/mol. The van der Waals surface area contributed by atoms with Crippen molar-refractivity contribution in [3.05, 3.63) is 65.6 Å². The van der Waals surface area contributed by atoms with Crippen molar-refractivity contribution in [1.82, 2.24) is 19.5 Å². The monoisotopic (exact) mass is 290 g/mol. The zero-order chi connectivity index (χ0) is 15.5. The molecule has 0 spiro atoms. The summed E-state index contributed by atoms with van der Waals surface area (Å²) in [6.07, 6.45) is 7.75. The molecule has 0 atom stereocenters. The van der Waals surface area contributed by atoms with E-state index in [1.54, 1.807) is 6.20 Å². The number of rotatable bonds is 3. The van der Waals surface area contributed by atoms with E-state index in [0.29, 0.717) is 0 Å². The molecule has 2 heterocycles. The Balaban J connectivity index is 1.91. The van der Waals surface area contributed by atoms with Gasteiger partial charge in [0.2, 0.25) is 0 Å². The standard InChI is InChI=1S/C18H18N4/c1-13-11-19-14(2)16(20-13)9-10-18-21-17(12-22(18)3)15-7-5-4-6-8-15/h4-12H,1-3H3. The van der Waals surface area contributed by atoms with Crippen LogP contribution in [0.15, 0.2) is 42.7 Å². The van der Waals surface area contributed by atoms with Crippen molar-refractivity contribution in [3.8, 4) is 11.3 Å². The third-order valence-electron chi connectivity index (χ3n) is 3.48. The quantitative estimate of drug-likeness (QED) is 0.739. The number of hydrogen-bond acceptors (Lipinski definition) is 3. The average Bonchev–Trinajstić information content (AvgIpc) is 2.90. The molecular formula is C18H18N4. The lowest BCUT2D eigenvalue weighted by Gasteiger charge is -1.99. The maximum Gasteiger partial charge on any atom is 0.133 e. The van der Waals surface area contributed by atoms with Crippen LogP contribution in [0, 0.1) is 13.8 Å². The van der Waals surface area contributed by atoms with Gasteiger partial charge in [-0.1, -0.05) is 30.3 Å². The lowest BCUT2D eigenvalue weighted by molar-refractivity contribution is 0.898. The first-order chi connectivity index (χ1) is 10.6. The first-order valence-electron chi connectivity index (χ1n) is 7.20. The lowest BCUT2D eigenvalue weighted by Crippen LogP contribution is -1.94. The topological polar surface area (TPSA) is 43.6 Å². The van der Waals surface area contributed by atoms with Crippen LogP contribution in [0.2, 0.25) is 0 Å². The van der Waals surface area contributed by atoms with Crippen LogP contribution in [-0.4, -0.2) is 19.5 Å². The van der Waals surface area contributed by atoms with Gasteiger partial charge >= 0.3 is 0 Å². The summed E-state index contributed by atoms with van der Waals surface area (Å²) in [7, 11) is 1.99. The van der Waals surface area contributed by atoms with E-state index >= 15 is 0 Å². The zero-order valence-electron chi connectivity index (χ0n) is 13.0. The summed E-state index contributed by atoms with van der Waals surface area (Å²) in [5, 5.41) is 0. The highest BCUT2D eigenvalue weighted by Gasteiger charge is 2.05. The minimum absolute atomic E-state index is 0.879. The summed E-state index contributed by atoms with van der Waals surface area (Å²) >= 11 is 0. The number of aromatic nitrogens is 4. The van der Waals surface area contributed by atoms with Gasteiger partial charge < -0.3 is 4.57 Å². The van der Waals surface area contributed by atoms with Crippen LogP contribution in [0.4, 0.5) is 0 Å². The van der Waals surface area contributed by atoms with Crippen molar-refractivity contribution in [3.63, 3.8) is 0 Å². The van der Waals surface area contributed by atoms with Gasteiger partial charge in [-0.3, -0.25) is 9.97 Å². The van der Waals surface area contributed by atoms with E-state index in [2.05, 4.69) is 27.1 Å². The molecule has 0 unspecified atom stereocenters. The van der Waals surface area contributed by atoms with Gasteiger partial charge in [0.1, 0.15) is 5.82 Å². The van der Waals surface area contributed by atoms with E-state index in [-0.39, 0.29) is 0 Å². The van der Waals surface area contributed by atoms with E-state index in [1.807, 2.05) is 62.0 Å². The molecule has 0 amide bonds. The lowest BCUT2D eigenvalue weighted by atomic mass is 10.2. The Kier molecular flexibility index (Phi) is 3.83. The van der Waals surface area contributed by atoms with Crippen LogP contribution in [0.3, 0.4) is 0 Å². The molecule has 1 aromatic carbocycles. The van der Waals surface area contributed by atoms with E-state index < -0.39 is 0 Å². The highest BCUT2D eigenvalue weighted by molar-refractivity contribution is 5.68. The molecule has 0 fully saturated rings. The van der Waals surface area contributed by atoms with E-state index in [9.17, 15) is 0 Å². The van der Waals surface area contributed by atoms with Crippen LogP contribution in [0.1, 0.15) is 22.9 Å². The Morgan fingerprint density at radius 2 is 1.77 bits per heavy atom. The second-order valence-electron chi connectivity index (χ2n) is 5.28. The van der Waals surface area contributed by atoms with Gasteiger partial charge in [0, 0.05) is 25.0 Å². The largest absolute Gasteiger partial charge is 0.334 e. The molecule has 4 heteroatoms. The highest BCUT2D eigenvalue weighted by Crippen LogP contribution is 2.18. The molecule has 0 bridgehead atoms. The maximum atomic E-state index is 4.68. The Bertz CT molecular complexity index is 816. The minimum atomic E-state index is 0.879. The normalized spacial score (nSPS) is 11.2. The van der Waals surface area contributed by atoms with Gasteiger partial charge in [0.25, 0.3) is 0 Å². The highest BCUT2D eigenvalue weighted by atomic mass is 15.0. The second-order valence-corrected chi connectivity index (χ2v) is 5.28. The van der Waals surface area contributed by atoms with Gasteiger partial charge in [0.05, 0.1) is 22.8 Å². The summed E-state index contributed by atoms with van der Waals surface area (Å²) < 4.78 is 2.01. The zero-order valence-corrected chi connectivity index (χ0v) is 13.0. The van der Waals surface area contributed by atoms with Crippen molar-refractivity contribution >= 4 is 12.2 Å². The Hall–Kier alpha value is -2.75.